The number of aliphatic hydroxyl groups is 1. The summed E-state index contributed by atoms with van der Waals surface area (Å²) >= 11 is 0. The van der Waals surface area contributed by atoms with Gasteiger partial charge in [-0.3, -0.25) is 4.98 Å². The van der Waals surface area contributed by atoms with Gasteiger partial charge in [0.25, 0.3) is 0 Å². The Morgan fingerprint density at radius 3 is 2.45 bits per heavy atom. The third-order valence-corrected chi connectivity index (χ3v) is 1.55. The van der Waals surface area contributed by atoms with Crippen molar-refractivity contribution >= 4 is 0 Å². The third kappa shape index (κ3) is 2.00. The monoisotopic (exact) mass is 152 g/mol. The van der Waals surface area contributed by atoms with E-state index in [9.17, 15) is 5.11 Å². The molecule has 0 spiro atoms. The van der Waals surface area contributed by atoms with Gasteiger partial charge < -0.3 is 10.8 Å². The van der Waals surface area contributed by atoms with Gasteiger partial charge in [0.05, 0.1) is 6.10 Å². The van der Waals surface area contributed by atoms with Gasteiger partial charge in [-0.2, -0.15) is 0 Å². The minimum absolute atomic E-state index is 0.239. The minimum atomic E-state index is -0.585. The maximum atomic E-state index is 9.44. The van der Waals surface area contributed by atoms with Crippen LogP contribution in [0.25, 0.3) is 0 Å². The first-order valence-electron chi connectivity index (χ1n) is 3.55. The molecule has 0 bridgehead atoms. The Hall–Kier alpha value is -0.930. The van der Waals surface area contributed by atoms with E-state index < -0.39 is 6.10 Å². The number of nitrogens with two attached hydrogens (primary N) is 1. The normalized spacial score (nSPS) is 15.9. The summed E-state index contributed by atoms with van der Waals surface area (Å²) in [6.07, 6.45) is 2.69. The highest BCUT2D eigenvalue weighted by Crippen LogP contribution is 2.12. The number of rotatable bonds is 2. The van der Waals surface area contributed by atoms with Crippen LogP contribution in [0.5, 0.6) is 0 Å². The zero-order chi connectivity index (χ0) is 8.27. The first kappa shape index (κ1) is 8.17. The van der Waals surface area contributed by atoms with Gasteiger partial charge in [-0.15, -0.1) is 0 Å². The molecule has 1 rings (SSSR count). The average Bonchev–Trinajstić information content (AvgIpc) is 2.05. The molecule has 3 nitrogen and oxygen atoms in total. The molecule has 0 saturated carbocycles. The molecule has 3 heteroatoms. The largest absolute Gasteiger partial charge is 0.387 e. The van der Waals surface area contributed by atoms with Crippen molar-refractivity contribution in [2.45, 2.75) is 19.1 Å². The molecule has 1 heterocycles. The predicted octanol–water partition coefficient (Wildman–Crippen LogP) is 0.462. The molecule has 1 aromatic heterocycles. The summed E-state index contributed by atoms with van der Waals surface area (Å²) < 4.78 is 0. The molecule has 3 N–H and O–H groups in total. The fourth-order valence-electron chi connectivity index (χ4n) is 0.864. The van der Waals surface area contributed by atoms with Crippen molar-refractivity contribution in [2.24, 2.45) is 5.73 Å². The lowest BCUT2D eigenvalue weighted by atomic mass is 10.1. The van der Waals surface area contributed by atoms with Gasteiger partial charge in [0.2, 0.25) is 0 Å². The van der Waals surface area contributed by atoms with Crippen LogP contribution in [0.3, 0.4) is 0 Å². The Morgan fingerprint density at radius 2 is 2.00 bits per heavy atom. The fraction of sp³-hybridized carbons (Fsp3) is 0.375. The molecule has 0 aliphatic heterocycles. The van der Waals surface area contributed by atoms with Crippen LogP contribution in [0, 0.1) is 0 Å². The number of hydrogen-bond acceptors (Lipinski definition) is 3. The minimum Gasteiger partial charge on any atom is -0.387 e. The van der Waals surface area contributed by atoms with Crippen molar-refractivity contribution in [2.75, 3.05) is 0 Å². The van der Waals surface area contributed by atoms with E-state index in [4.69, 9.17) is 5.73 Å². The van der Waals surface area contributed by atoms with E-state index in [1.165, 1.54) is 0 Å². The van der Waals surface area contributed by atoms with Gasteiger partial charge >= 0.3 is 0 Å². The lowest BCUT2D eigenvalue weighted by Gasteiger charge is -2.13. The smallest absolute Gasteiger partial charge is 0.0939 e. The Labute approximate surface area is 65.9 Å². The van der Waals surface area contributed by atoms with E-state index >= 15 is 0 Å². The molecule has 0 aliphatic rings. The second-order valence-electron chi connectivity index (χ2n) is 2.58. The molecule has 0 radical (unpaired) electrons. The summed E-state index contributed by atoms with van der Waals surface area (Å²) in [5.74, 6) is 0. The number of pyridine rings is 1. The van der Waals surface area contributed by atoms with Crippen LogP contribution in [-0.4, -0.2) is 16.1 Å². The Morgan fingerprint density at radius 1 is 1.45 bits per heavy atom. The summed E-state index contributed by atoms with van der Waals surface area (Å²) in [5.41, 5.74) is 6.31. The molecule has 2 atom stereocenters. The summed E-state index contributed by atoms with van der Waals surface area (Å²) in [4.78, 5) is 3.84. The van der Waals surface area contributed by atoms with Gasteiger partial charge in [-0.05, 0) is 24.6 Å². The van der Waals surface area contributed by atoms with E-state index in [1.807, 2.05) is 0 Å². The van der Waals surface area contributed by atoms with Crippen molar-refractivity contribution in [3.8, 4) is 0 Å². The molecule has 60 valence electrons. The fourth-order valence-corrected chi connectivity index (χ4v) is 0.864. The first-order chi connectivity index (χ1) is 5.22. The molecule has 0 saturated heterocycles. The lowest BCUT2D eigenvalue weighted by Crippen LogP contribution is -2.24. The topological polar surface area (TPSA) is 59.1 Å². The third-order valence-electron chi connectivity index (χ3n) is 1.55. The van der Waals surface area contributed by atoms with Gasteiger partial charge in [0, 0.05) is 18.4 Å². The summed E-state index contributed by atoms with van der Waals surface area (Å²) in [5, 5.41) is 9.44. The zero-order valence-electron chi connectivity index (χ0n) is 6.44. The van der Waals surface area contributed by atoms with Gasteiger partial charge in [0.15, 0.2) is 0 Å². The SMILES string of the molecule is C[C@@H](N)[C@@H](O)c1ccncc1. The molecular weight excluding hydrogens is 140 g/mol. The molecule has 0 unspecified atom stereocenters. The highest BCUT2D eigenvalue weighted by Gasteiger charge is 2.10. The highest BCUT2D eigenvalue weighted by atomic mass is 16.3. The molecule has 0 aromatic carbocycles. The van der Waals surface area contributed by atoms with E-state index in [-0.39, 0.29) is 6.04 Å². The van der Waals surface area contributed by atoms with Crippen LogP contribution in [0.1, 0.15) is 18.6 Å². The van der Waals surface area contributed by atoms with Crippen LogP contribution < -0.4 is 5.73 Å². The van der Waals surface area contributed by atoms with E-state index in [0.717, 1.165) is 5.56 Å². The van der Waals surface area contributed by atoms with Crippen LogP contribution in [0.15, 0.2) is 24.5 Å². The van der Waals surface area contributed by atoms with Crippen molar-refractivity contribution in [3.05, 3.63) is 30.1 Å². The van der Waals surface area contributed by atoms with Crippen molar-refractivity contribution < 1.29 is 5.11 Å². The number of aromatic nitrogens is 1. The van der Waals surface area contributed by atoms with Crippen molar-refractivity contribution in [1.29, 1.82) is 0 Å². The van der Waals surface area contributed by atoms with E-state index in [0.29, 0.717) is 0 Å². The molecular formula is C8H12N2O. The van der Waals surface area contributed by atoms with Crippen LogP contribution in [0.4, 0.5) is 0 Å². The Balaban J connectivity index is 2.77. The predicted molar refractivity (Wildman–Crippen MR) is 42.8 cm³/mol. The van der Waals surface area contributed by atoms with Gasteiger partial charge in [-0.25, -0.2) is 0 Å². The number of hydrogen-bond donors (Lipinski definition) is 2. The van der Waals surface area contributed by atoms with Gasteiger partial charge in [-0.1, -0.05) is 0 Å². The quantitative estimate of drug-likeness (QED) is 0.647. The van der Waals surface area contributed by atoms with Crippen LogP contribution in [-0.2, 0) is 0 Å². The average molecular weight is 152 g/mol. The second kappa shape index (κ2) is 3.46. The Kier molecular flexibility index (Phi) is 2.57. The second-order valence-corrected chi connectivity index (χ2v) is 2.58. The highest BCUT2D eigenvalue weighted by molar-refractivity contribution is 5.14. The molecule has 0 aliphatic carbocycles. The molecule has 0 amide bonds. The van der Waals surface area contributed by atoms with Crippen LogP contribution >= 0.6 is 0 Å². The summed E-state index contributed by atoms with van der Waals surface area (Å²) in [7, 11) is 0. The number of aliphatic hydroxyl groups excluding tert-OH is 1. The summed E-state index contributed by atoms with van der Waals surface area (Å²) in [6, 6.07) is 3.28. The summed E-state index contributed by atoms with van der Waals surface area (Å²) in [6.45, 7) is 1.77. The van der Waals surface area contributed by atoms with E-state index in [1.54, 1.807) is 31.5 Å². The number of nitrogens with zero attached hydrogens (tertiary/aromatic N) is 1. The Bertz CT molecular complexity index is 211. The van der Waals surface area contributed by atoms with Gasteiger partial charge in [0.1, 0.15) is 0 Å². The lowest BCUT2D eigenvalue weighted by molar-refractivity contribution is 0.153. The van der Waals surface area contributed by atoms with Crippen LogP contribution in [0.2, 0.25) is 0 Å². The standard InChI is InChI=1S/C8H12N2O/c1-6(9)8(11)7-2-4-10-5-3-7/h2-6,8,11H,9H2,1H3/t6-,8-/m1/s1. The van der Waals surface area contributed by atoms with Crippen molar-refractivity contribution in [3.63, 3.8) is 0 Å². The molecule has 11 heavy (non-hydrogen) atoms. The van der Waals surface area contributed by atoms with Crippen molar-refractivity contribution in [1.82, 2.24) is 4.98 Å². The van der Waals surface area contributed by atoms with E-state index in [2.05, 4.69) is 4.98 Å². The first-order valence-corrected chi connectivity index (χ1v) is 3.55. The maximum Gasteiger partial charge on any atom is 0.0939 e. The maximum absolute atomic E-state index is 9.44. The molecule has 0 fully saturated rings. The molecule has 1 aromatic rings. The zero-order valence-corrected chi connectivity index (χ0v) is 6.44.